The lowest BCUT2D eigenvalue weighted by molar-refractivity contribution is 0.585. The van der Waals surface area contributed by atoms with Crippen molar-refractivity contribution in [1.29, 1.82) is 0 Å². The van der Waals surface area contributed by atoms with E-state index in [0.29, 0.717) is 0 Å². The van der Waals surface area contributed by atoms with Gasteiger partial charge in [0, 0.05) is 21.9 Å². The lowest BCUT2D eigenvalue weighted by Gasteiger charge is -2.25. The minimum absolute atomic E-state index is 0.0208. The number of benzene rings is 2. The van der Waals surface area contributed by atoms with Crippen molar-refractivity contribution in [2.24, 2.45) is 0 Å². The summed E-state index contributed by atoms with van der Waals surface area (Å²) in [5.41, 5.74) is 10.6. The van der Waals surface area contributed by atoms with Gasteiger partial charge in [-0.05, 0) is 41.5 Å². The summed E-state index contributed by atoms with van der Waals surface area (Å²) in [4.78, 5) is 3.78. The van der Waals surface area contributed by atoms with E-state index in [1.54, 1.807) is 6.08 Å². The van der Waals surface area contributed by atoms with Gasteiger partial charge in [0.15, 0.2) is 0 Å². The molecule has 3 aromatic rings. The molecule has 4 rings (SSSR count). The van der Waals surface area contributed by atoms with Gasteiger partial charge in [0.2, 0.25) is 0 Å². The number of rotatable bonds is 2. The molecule has 1 aliphatic carbocycles. The number of hydrogen-bond donors (Lipinski definition) is 1. The number of hydrogen-bond acceptors (Lipinski definition) is 0. The zero-order valence-electron chi connectivity index (χ0n) is 19.6. The van der Waals surface area contributed by atoms with E-state index in [0.717, 1.165) is 0 Å². The molecule has 1 aromatic heterocycles. The third kappa shape index (κ3) is 3.37. The Morgan fingerprint density at radius 1 is 1.00 bits per heavy atom. The van der Waals surface area contributed by atoms with Gasteiger partial charge in [0.05, 0.1) is 11.2 Å². The number of aromatic amines is 1. The van der Waals surface area contributed by atoms with Gasteiger partial charge < -0.3 is 4.98 Å². The largest absolute Gasteiger partial charge is 0.354 e. The lowest BCUT2D eigenvalue weighted by atomic mass is 9.78. The molecule has 1 nitrogen and oxygen atoms in total. The van der Waals surface area contributed by atoms with Crippen LogP contribution in [0.5, 0.6) is 0 Å². The van der Waals surface area contributed by atoms with Crippen LogP contribution in [0, 0.1) is 0 Å². The van der Waals surface area contributed by atoms with E-state index in [1.165, 1.54) is 50.0 Å². The van der Waals surface area contributed by atoms with Crippen LogP contribution in [0.25, 0.3) is 34.3 Å². The van der Waals surface area contributed by atoms with Gasteiger partial charge >= 0.3 is 0 Å². The van der Waals surface area contributed by atoms with Crippen molar-refractivity contribution in [2.75, 3.05) is 0 Å². The van der Waals surface area contributed by atoms with E-state index in [1.807, 2.05) is 13.0 Å². The summed E-state index contributed by atoms with van der Waals surface area (Å²) in [6.45, 7) is 22.9. The summed E-state index contributed by atoms with van der Waals surface area (Å²) < 4.78 is 0. The van der Waals surface area contributed by atoms with Gasteiger partial charge in [0.25, 0.3) is 0 Å². The number of H-pyrrole nitrogens is 1. The summed E-state index contributed by atoms with van der Waals surface area (Å²) in [6, 6.07) is 11.5. The third-order valence-corrected chi connectivity index (χ3v) is 6.06. The van der Waals surface area contributed by atoms with Gasteiger partial charge in [-0.1, -0.05) is 95.8 Å². The minimum Gasteiger partial charge on any atom is -0.354 e. The Balaban J connectivity index is 0.000000806. The van der Waals surface area contributed by atoms with Crippen LogP contribution in [-0.2, 0) is 10.8 Å². The lowest BCUT2D eigenvalue weighted by Crippen LogP contribution is -2.17. The summed E-state index contributed by atoms with van der Waals surface area (Å²) in [5.74, 6) is 0. The van der Waals surface area contributed by atoms with Crippen LogP contribution in [0.4, 0.5) is 0 Å². The standard InChI is InChI=1S/C26H29N.C3H6/c1-8-10-18-16(9-2)11-13-20-22-24(27-23(18)20)19-14-12-17(25(3,4)5)15-21(19)26(22,6)7;1-3-2/h8-15,27H,2H2,1,3-7H3;3H,1H2,2H3/b10-8-;. The van der Waals surface area contributed by atoms with Crippen LogP contribution in [0.15, 0.2) is 55.6 Å². The summed E-state index contributed by atoms with van der Waals surface area (Å²) >= 11 is 0. The molecule has 1 heteroatoms. The monoisotopic (exact) mass is 397 g/mol. The van der Waals surface area contributed by atoms with Crippen molar-refractivity contribution in [2.45, 2.75) is 59.3 Å². The van der Waals surface area contributed by atoms with Gasteiger partial charge in [-0.15, -0.1) is 6.58 Å². The summed E-state index contributed by atoms with van der Waals surface area (Å²) in [6.07, 6.45) is 7.97. The maximum Gasteiger partial charge on any atom is 0.0541 e. The van der Waals surface area contributed by atoms with E-state index in [-0.39, 0.29) is 10.8 Å². The molecule has 1 heterocycles. The van der Waals surface area contributed by atoms with Crippen molar-refractivity contribution in [3.05, 3.63) is 83.5 Å². The van der Waals surface area contributed by atoms with Gasteiger partial charge in [-0.2, -0.15) is 0 Å². The highest BCUT2D eigenvalue weighted by molar-refractivity contribution is 6.01. The average Bonchev–Trinajstić information content (AvgIpc) is 3.17. The molecule has 0 atom stereocenters. The molecule has 0 bridgehead atoms. The topological polar surface area (TPSA) is 15.8 Å². The Morgan fingerprint density at radius 2 is 1.67 bits per heavy atom. The number of fused-ring (bicyclic) bond motifs is 5. The average molecular weight is 398 g/mol. The van der Waals surface area contributed by atoms with Crippen LogP contribution < -0.4 is 0 Å². The predicted octanol–water partition coefficient (Wildman–Crippen LogP) is 8.64. The molecule has 0 spiro atoms. The maximum atomic E-state index is 3.99. The molecular formula is C29H35N. The number of allylic oxidation sites excluding steroid dienone is 2. The molecule has 0 fully saturated rings. The molecule has 0 radical (unpaired) electrons. The Morgan fingerprint density at radius 3 is 2.23 bits per heavy atom. The Hall–Kier alpha value is -2.80. The van der Waals surface area contributed by atoms with Crippen LogP contribution in [0.1, 0.15) is 76.3 Å². The molecule has 0 amide bonds. The fourth-order valence-electron chi connectivity index (χ4n) is 4.56. The smallest absolute Gasteiger partial charge is 0.0541 e. The second kappa shape index (κ2) is 7.80. The highest BCUT2D eigenvalue weighted by Gasteiger charge is 2.39. The molecule has 0 saturated carbocycles. The Bertz CT molecular complexity index is 1140. The van der Waals surface area contributed by atoms with E-state index in [4.69, 9.17) is 0 Å². The minimum atomic E-state index is -0.0208. The quantitative estimate of drug-likeness (QED) is 0.416. The summed E-state index contributed by atoms with van der Waals surface area (Å²) in [7, 11) is 0. The molecule has 156 valence electrons. The van der Waals surface area contributed by atoms with Crippen molar-refractivity contribution in [3.8, 4) is 11.3 Å². The molecule has 2 aromatic carbocycles. The highest BCUT2D eigenvalue weighted by Crippen LogP contribution is 2.52. The zero-order chi connectivity index (χ0) is 22.3. The van der Waals surface area contributed by atoms with E-state index < -0.39 is 0 Å². The Labute approximate surface area is 182 Å². The summed E-state index contributed by atoms with van der Waals surface area (Å²) in [5, 5.41) is 1.32. The fraction of sp³-hybridized carbons (Fsp3) is 0.310. The fourth-order valence-corrected chi connectivity index (χ4v) is 4.56. The van der Waals surface area contributed by atoms with Crippen LogP contribution in [-0.4, -0.2) is 4.98 Å². The van der Waals surface area contributed by atoms with E-state index in [9.17, 15) is 0 Å². The molecule has 1 N–H and O–H groups in total. The Kier molecular flexibility index (Phi) is 5.69. The van der Waals surface area contributed by atoms with Crippen molar-refractivity contribution in [1.82, 2.24) is 4.98 Å². The first-order valence-electron chi connectivity index (χ1n) is 10.8. The second-order valence-electron chi connectivity index (χ2n) is 9.61. The van der Waals surface area contributed by atoms with E-state index >= 15 is 0 Å². The first kappa shape index (κ1) is 21.9. The molecule has 0 aliphatic heterocycles. The van der Waals surface area contributed by atoms with Gasteiger partial charge in [-0.3, -0.25) is 0 Å². The molecule has 0 saturated heterocycles. The van der Waals surface area contributed by atoms with Gasteiger partial charge in [0.1, 0.15) is 0 Å². The number of nitrogens with one attached hydrogen (secondary N) is 1. The maximum absolute atomic E-state index is 3.99. The van der Waals surface area contributed by atoms with Crippen molar-refractivity contribution in [3.63, 3.8) is 0 Å². The highest BCUT2D eigenvalue weighted by atomic mass is 14.8. The van der Waals surface area contributed by atoms with E-state index in [2.05, 4.69) is 102 Å². The molecule has 0 unspecified atom stereocenters. The van der Waals surface area contributed by atoms with Crippen molar-refractivity contribution >= 4 is 23.1 Å². The molecule has 1 aliphatic rings. The number of aromatic nitrogens is 1. The third-order valence-electron chi connectivity index (χ3n) is 6.06. The van der Waals surface area contributed by atoms with Crippen molar-refractivity contribution < 1.29 is 0 Å². The van der Waals surface area contributed by atoms with Crippen LogP contribution >= 0.6 is 0 Å². The molecule has 30 heavy (non-hydrogen) atoms. The first-order chi connectivity index (χ1) is 14.1. The zero-order valence-corrected chi connectivity index (χ0v) is 19.6. The second-order valence-corrected chi connectivity index (χ2v) is 9.61. The van der Waals surface area contributed by atoms with Crippen LogP contribution in [0.2, 0.25) is 0 Å². The normalized spacial score (nSPS) is 14.2. The molecular weight excluding hydrogens is 362 g/mol. The first-order valence-corrected chi connectivity index (χ1v) is 10.8. The van der Waals surface area contributed by atoms with Gasteiger partial charge in [-0.25, -0.2) is 0 Å². The SMILES string of the molecule is C=CC.C=Cc1ccc2c3c([nH]c2c1/C=C\C)-c1ccc(C(C)(C)C)cc1C3(C)C. The van der Waals surface area contributed by atoms with Crippen LogP contribution in [0.3, 0.4) is 0 Å². The predicted molar refractivity (Wildman–Crippen MR) is 135 cm³/mol.